The van der Waals surface area contributed by atoms with Gasteiger partial charge in [0.1, 0.15) is 23.9 Å². The Balaban J connectivity index is 1.44. The van der Waals surface area contributed by atoms with Crippen molar-refractivity contribution in [2.24, 2.45) is 22.5 Å². The number of rotatable bonds is 12. The molecule has 4 aromatic rings. The number of carbonyl (C=O) groups is 5. The van der Waals surface area contributed by atoms with Gasteiger partial charge in [-0.3, -0.25) is 34.0 Å². The summed E-state index contributed by atoms with van der Waals surface area (Å²) in [7, 11) is 4.69. The van der Waals surface area contributed by atoms with Crippen molar-refractivity contribution in [3.63, 3.8) is 0 Å². The predicted octanol–water partition coefficient (Wildman–Crippen LogP) is 4.82. The van der Waals surface area contributed by atoms with Crippen LogP contribution in [-0.4, -0.2) is 125 Å². The minimum absolute atomic E-state index is 0.0250. The van der Waals surface area contributed by atoms with Crippen LogP contribution in [0.4, 0.5) is 0 Å². The third-order valence-electron chi connectivity index (χ3n) is 12.8. The third kappa shape index (κ3) is 10.7. The van der Waals surface area contributed by atoms with Crippen LogP contribution < -0.4 is 16.5 Å². The number of esters is 1. The maximum atomic E-state index is 14.7. The maximum absolute atomic E-state index is 14.7. The van der Waals surface area contributed by atoms with Crippen LogP contribution in [-0.2, 0) is 59.4 Å². The van der Waals surface area contributed by atoms with Gasteiger partial charge in [0, 0.05) is 81.5 Å². The number of hydrogen-bond donors (Lipinski definition) is 4. The highest BCUT2D eigenvalue weighted by atomic mass is 16.5. The summed E-state index contributed by atoms with van der Waals surface area (Å²) in [5.74, 6) is -2.77. The molecule has 4 heterocycles. The number of pyridine rings is 1. The van der Waals surface area contributed by atoms with Gasteiger partial charge >= 0.3 is 5.97 Å². The molecule has 1 fully saturated rings. The number of aromatic hydroxyl groups is 1. The average molecular weight is 909 g/mol. The van der Waals surface area contributed by atoms with Crippen molar-refractivity contribution in [3.05, 3.63) is 71.5 Å². The van der Waals surface area contributed by atoms with E-state index < -0.39 is 58.6 Å². The monoisotopic (exact) mass is 909 g/mol. The summed E-state index contributed by atoms with van der Waals surface area (Å²) in [4.78, 5) is 77.0. The van der Waals surface area contributed by atoms with Gasteiger partial charge in [-0.15, -0.1) is 0 Å². The van der Waals surface area contributed by atoms with Crippen LogP contribution in [0.1, 0.15) is 78.0 Å². The summed E-state index contributed by atoms with van der Waals surface area (Å²) in [6, 6.07) is 10.3. The highest BCUT2D eigenvalue weighted by molar-refractivity contribution is 5.96. The van der Waals surface area contributed by atoms with Crippen LogP contribution in [0.15, 0.2) is 54.9 Å². The zero-order chi connectivity index (χ0) is 48.2. The van der Waals surface area contributed by atoms with Crippen molar-refractivity contribution < 1.29 is 38.6 Å². The van der Waals surface area contributed by atoms with Crippen molar-refractivity contribution in [2.75, 3.05) is 47.4 Å². The largest absolute Gasteiger partial charge is 0.508 e. The van der Waals surface area contributed by atoms with E-state index in [-0.39, 0.29) is 44.3 Å². The number of methoxy groups -OCH3 is 1. The molecule has 66 heavy (non-hydrogen) atoms. The standard InChI is InChI=1S/C50H68N8O8/c1-11-57-41-15-14-32-23-36(41)37(44(57)38-25-52-17-16-33(38)27-65-10)24-49(4,5)29-66-47(63)39-13-12-18-58(54-39)46(62)40(21-31-19-34(32)22-35(59)20-31)53-45(61)43(30(2)3)56(9)42(60)26-55(8)48(64)50(6,7)28-51/h14-17,19-20,22-23,25,30,39-40,43,54,59H,11-13,18,21,24,26-29,51H2,1-10H3,(H,53,61)/t39-,40-,43-/m0/s1. The third-order valence-corrected chi connectivity index (χ3v) is 12.8. The summed E-state index contributed by atoms with van der Waals surface area (Å²) < 4.78 is 14.0. The van der Waals surface area contributed by atoms with Gasteiger partial charge in [0.25, 0.3) is 5.91 Å². The van der Waals surface area contributed by atoms with Crippen molar-refractivity contribution in [3.8, 4) is 28.1 Å². The summed E-state index contributed by atoms with van der Waals surface area (Å²) in [5.41, 5.74) is 14.6. The van der Waals surface area contributed by atoms with Gasteiger partial charge < -0.3 is 40.0 Å². The van der Waals surface area contributed by atoms with E-state index in [9.17, 15) is 29.1 Å². The first-order chi connectivity index (χ1) is 31.2. The summed E-state index contributed by atoms with van der Waals surface area (Å²) in [6.45, 7) is 14.4. The molecular formula is C50H68N8O8. The molecule has 2 aliphatic heterocycles. The molecule has 6 bridgehead atoms. The quantitative estimate of drug-likeness (QED) is 0.142. The Morgan fingerprint density at radius 1 is 1.11 bits per heavy atom. The van der Waals surface area contributed by atoms with E-state index in [0.717, 1.165) is 38.9 Å². The number of amides is 4. The zero-order valence-electron chi connectivity index (χ0n) is 40.2. The smallest absolute Gasteiger partial charge is 0.324 e. The Hall–Kier alpha value is -5.84. The van der Waals surface area contributed by atoms with Crippen LogP contribution in [0.3, 0.4) is 0 Å². The van der Waals surface area contributed by atoms with Crippen LogP contribution in [0.2, 0.25) is 0 Å². The Labute approximate surface area is 388 Å². The molecule has 0 aliphatic carbocycles. The predicted molar refractivity (Wildman–Crippen MR) is 252 cm³/mol. The van der Waals surface area contributed by atoms with Gasteiger partial charge in [0.2, 0.25) is 17.7 Å². The fourth-order valence-corrected chi connectivity index (χ4v) is 9.26. The van der Waals surface area contributed by atoms with Gasteiger partial charge in [-0.05, 0) is 104 Å². The first-order valence-corrected chi connectivity index (χ1v) is 22.9. The Bertz CT molecular complexity index is 2460. The molecule has 1 saturated heterocycles. The molecule has 0 radical (unpaired) electrons. The van der Waals surface area contributed by atoms with E-state index in [0.29, 0.717) is 43.5 Å². The van der Waals surface area contributed by atoms with E-state index >= 15 is 0 Å². The van der Waals surface area contributed by atoms with Gasteiger partial charge in [-0.2, -0.15) is 0 Å². The Morgan fingerprint density at radius 3 is 2.53 bits per heavy atom. The maximum Gasteiger partial charge on any atom is 0.324 e. The SMILES string of the molecule is CCn1c(-c2cnccc2COC)c2c3cc(ccc31)-c1cc(O)cc(c1)C[C@H](NC(=O)[C@H](C(C)C)N(C)C(=O)CN(C)C(=O)C(C)(C)CN)C(=O)N1CCC[C@H](N1)C(=O)OCC(C)(C)C2. The van der Waals surface area contributed by atoms with Gasteiger partial charge in [0.15, 0.2) is 0 Å². The minimum Gasteiger partial charge on any atom is -0.508 e. The highest BCUT2D eigenvalue weighted by Crippen LogP contribution is 2.41. The number of cyclic esters (lactones) is 1. The lowest BCUT2D eigenvalue weighted by molar-refractivity contribution is -0.155. The molecule has 0 spiro atoms. The normalized spacial score (nSPS) is 18.4. The number of phenols is 1. The number of benzene rings is 2. The number of aromatic nitrogens is 2. The lowest BCUT2D eigenvalue weighted by atomic mass is 9.84. The summed E-state index contributed by atoms with van der Waals surface area (Å²) in [6.07, 6.45) is 5.06. The molecule has 0 unspecified atom stereocenters. The van der Waals surface area contributed by atoms with Gasteiger partial charge in [-0.25, -0.2) is 5.43 Å². The van der Waals surface area contributed by atoms with Crippen LogP contribution in [0.5, 0.6) is 5.75 Å². The molecular weight excluding hydrogens is 841 g/mol. The van der Waals surface area contributed by atoms with Crippen molar-refractivity contribution in [1.82, 2.24) is 35.1 Å². The van der Waals surface area contributed by atoms with E-state index in [1.54, 1.807) is 53.1 Å². The number of aryl methyl sites for hydroxylation is 1. The molecule has 356 valence electrons. The molecule has 16 nitrogen and oxygen atoms in total. The number of nitrogens with two attached hydrogens (primary N) is 1. The highest BCUT2D eigenvalue weighted by Gasteiger charge is 2.39. The van der Waals surface area contributed by atoms with E-state index in [1.807, 2.05) is 24.4 Å². The van der Waals surface area contributed by atoms with E-state index in [4.69, 9.17) is 15.2 Å². The van der Waals surface area contributed by atoms with Crippen molar-refractivity contribution >= 4 is 40.5 Å². The topological polar surface area (TPSA) is 202 Å². The number of likely N-dealkylation sites (N-methyl/N-ethyl adjacent to an activating group) is 2. The zero-order valence-corrected chi connectivity index (χ0v) is 40.2. The summed E-state index contributed by atoms with van der Waals surface area (Å²) >= 11 is 0. The van der Waals surface area contributed by atoms with Crippen LogP contribution in [0.25, 0.3) is 33.3 Å². The van der Waals surface area contributed by atoms with E-state index in [2.05, 4.69) is 53.2 Å². The lowest BCUT2D eigenvalue weighted by Crippen LogP contribution is -2.62. The number of hydrogen-bond acceptors (Lipinski definition) is 11. The first kappa shape index (κ1) is 49.6. The molecule has 4 amide bonds. The fraction of sp³-hybridized carbons (Fsp3) is 0.520. The Kier molecular flexibility index (Phi) is 15.3. The molecule has 16 heteroatoms. The molecule has 2 aromatic heterocycles. The Morgan fingerprint density at radius 2 is 1.85 bits per heavy atom. The molecule has 0 saturated carbocycles. The molecule has 2 aliphatic rings. The minimum atomic E-state index is -1.19. The fourth-order valence-electron chi connectivity index (χ4n) is 9.26. The number of carbonyl (C=O) groups excluding carboxylic acids is 5. The average Bonchev–Trinajstić information content (AvgIpc) is 3.58. The first-order valence-electron chi connectivity index (χ1n) is 22.9. The number of fused-ring (bicyclic) bond motifs is 6. The van der Waals surface area contributed by atoms with Gasteiger partial charge in [-0.1, -0.05) is 39.8 Å². The second-order valence-electron chi connectivity index (χ2n) is 19.6. The lowest BCUT2D eigenvalue weighted by Gasteiger charge is -2.37. The van der Waals surface area contributed by atoms with Crippen LogP contribution >= 0.6 is 0 Å². The number of phenolic OH excluding ortho intramolecular Hbond substituents is 1. The number of ether oxygens (including phenoxy) is 2. The second-order valence-corrected chi connectivity index (χ2v) is 19.6. The van der Waals surface area contributed by atoms with E-state index in [1.165, 1.54) is 28.9 Å². The molecule has 5 N–H and O–H groups in total. The number of hydrazine groups is 1. The van der Waals surface area contributed by atoms with Gasteiger partial charge in [0.05, 0.1) is 30.9 Å². The van der Waals surface area contributed by atoms with Crippen molar-refractivity contribution in [1.29, 1.82) is 0 Å². The number of nitrogens with zero attached hydrogens (tertiary/aromatic N) is 5. The van der Waals surface area contributed by atoms with Crippen molar-refractivity contribution in [2.45, 2.75) is 105 Å². The number of nitrogens with one attached hydrogen (secondary N) is 2. The second kappa shape index (κ2) is 20.4. The molecule has 2 aromatic carbocycles. The molecule has 3 atom stereocenters. The summed E-state index contributed by atoms with van der Waals surface area (Å²) in [5, 5.41) is 16.6. The molecule has 6 rings (SSSR count). The van der Waals surface area contributed by atoms with Crippen LogP contribution in [0, 0.1) is 16.7 Å².